The third kappa shape index (κ3) is 21.4. The minimum absolute atomic E-state index is 0.0774. The molecule has 10 N–H and O–H groups in total. The van der Waals surface area contributed by atoms with Crippen molar-refractivity contribution >= 4 is 47.2 Å². The number of carbonyl (C=O) groups excluding carboxylic acids is 2. The van der Waals surface area contributed by atoms with Gasteiger partial charge in [-0.25, -0.2) is 9.59 Å². The molecule has 2 rings (SSSR count). The summed E-state index contributed by atoms with van der Waals surface area (Å²) in [7, 11) is 0. The van der Waals surface area contributed by atoms with Crippen LogP contribution in [-0.4, -0.2) is 62.1 Å². The van der Waals surface area contributed by atoms with Gasteiger partial charge in [-0.05, 0) is 74.2 Å². The number of hydrogen-bond acceptors (Lipinski definition) is 6. The lowest BCUT2D eigenvalue weighted by Gasteiger charge is -2.08. The van der Waals surface area contributed by atoms with Crippen LogP contribution >= 0.6 is 0 Å². The second-order valence-corrected chi connectivity index (χ2v) is 13.1. The SMILES string of the molecule is CCCCCCCCOC(=O)c1ccc(NC(N)=NC(N)=NCCCCCCN=C(N)N=C(N)Nc2ccc(C(=O)OCCCCCCCC)cc2)cc1. The molecule has 0 bridgehead atoms. The van der Waals surface area contributed by atoms with Crippen molar-refractivity contribution in [2.75, 3.05) is 36.9 Å². The molecule has 0 amide bonds. The zero-order valence-electron chi connectivity index (χ0n) is 32.5. The second kappa shape index (κ2) is 28.4. The van der Waals surface area contributed by atoms with Gasteiger partial charge in [0.15, 0.2) is 0 Å². The Labute approximate surface area is 321 Å². The number of carbonyl (C=O) groups is 2. The number of unbranched alkanes of at least 4 members (excludes halogenated alkanes) is 13. The molecule has 0 atom stereocenters. The summed E-state index contributed by atoms with van der Waals surface area (Å²) in [5.74, 6) is -0.336. The number of anilines is 2. The molecule has 0 aromatic heterocycles. The van der Waals surface area contributed by atoms with E-state index in [0.717, 1.165) is 51.4 Å². The Morgan fingerprint density at radius 3 is 1.20 bits per heavy atom. The largest absolute Gasteiger partial charge is 0.462 e. The Morgan fingerprint density at radius 2 is 0.833 bits per heavy atom. The van der Waals surface area contributed by atoms with Gasteiger partial charge in [-0.3, -0.25) is 9.98 Å². The fourth-order valence-electron chi connectivity index (χ4n) is 5.27. The van der Waals surface area contributed by atoms with E-state index in [4.69, 9.17) is 32.4 Å². The number of nitrogens with one attached hydrogen (secondary N) is 2. The van der Waals surface area contributed by atoms with Crippen LogP contribution in [0.3, 0.4) is 0 Å². The number of guanidine groups is 4. The fourth-order valence-corrected chi connectivity index (χ4v) is 5.27. The maximum Gasteiger partial charge on any atom is 0.338 e. The minimum Gasteiger partial charge on any atom is -0.462 e. The number of nitrogens with two attached hydrogens (primary N) is 4. The minimum atomic E-state index is -0.340. The molecule has 14 nitrogen and oxygen atoms in total. The van der Waals surface area contributed by atoms with E-state index >= 15 is 0 Å². The molecule has 0 spiro atoms. The number of rotatable bonds is 25. The van der Waals surface area contributed by atoms with Gasteiger partial charge in [0.1, 0.15) is 0 Å². The fraction of sp³-hybridized carbons (Fsp3) is 0.550. The lowest BCUT2D eigenvalue weighted by atomic mass is 10.1. The molecule has 0 aliphatic rings. The number of benzene rings is 2. The summed E-state index contributed by atoms with van der Waals surface area (Å²) in [4.78, 5) is 41.3. The first-order valence-electron chi connectivity index (χ1n) is 19.6. The van der Waals surface area contributed by atoms with E-state index < -0.39 is 0 Å². The molecular formula is C40H64N10O4. The van der Waals surface area contributed by atoms with Gasteiger partial charge in [0, 0.05) is 24.5 Å². The van der Waals surface area contributed by atoms with Gasteiger partial charge in [0.2, 0.25) is 23.8 Å². The van der Waals surface area contributed by atoms with Crippen molar-refractivity contribution in [2.45, 2.75) is 117 Å². The molecule has 14 heteroatoms. The first-order chi connectivity index (χ1) is 26.2. The molecule has 2 aromatic rings. The summed E-state index contributed by atoms with van der Waals surface area (Å²) in [5, 5.41) is 5.89. The lowest BCUT2D eigenvalue weighted by molar-refractivity contribution is 0.0488. The van der Waals surface area contributed by atoms with Crippen molar-refractivity contribution < 1.29 is 19.1 Å². The molecule has 0 radical (unpaired) electrons. The lowest BCUT2D eigenvalue weighted by Crippen LogP contribution is -2.26. The van der Waals surface area contributed by atoms with Crippen LogP contribution < -0.4 is 33.6 Å². The van der Waals surface area contributed by atoms with E-state index in [1.807, 2.05) is 0 Å². The molecule has 298 valence electrons. The predicted octanol–water partition coefficient (Wildman–Crippen LogP) is 7.06. The molecule has 0 saturated heterocycles. The van der Waals surface area contributed by atoms with Crippen molar-refractivity contribution in [1.29, 1.82) is 0 Å². The van der Waals surface area contributed by atoms with E-state index in [0.29, 0.717) is 48.8 Å². The highest BCUT2D eigenvalue weighted by atomic mass is 16.5. The Bertz CT molecular complexity index is 1360. The van der Waals surface area contributed by atoms with Crippen LogP contribution in [-0.2, 0) is 9.47 Å². The number of aliphatic imine (C=N–C) groups is 4. The summed E-state index contributed by atoms with van der Waals surface area (Å²) in [5.41, 5.74) is 26.1. The maximum atomic E-state index is 12.3. The summed E-state index contributed by atoms with van der Waals surface area (Å²) in [6, 6.07) is 13.6. The molecule has 0 heterocycles. The molecule has 0 unspecified atom stereocenters. The predicted molar refractivity (Wildman–Crippen MR) is 222 cm³/mol. The van der Waals surface area contributed by atoms with E-state index in [9.17, 15) is 9.59 Å². The topological polar surface area (TPSA) is 230 Å². The summed E-state index contributed by atoms with van der Waals surface area (Å²) in [6.07, 6.45) is 17.1. The molecule has 0 aliphatic heterocycles. The van der Waals surface area contributed by atoms with Gasteiger partial charge in [0.05, 0.1) is 24.3 Å². The van der Waals surface area contributed by atoms with Crippen molar-refractivity contribution in [2.24, 2.45) is 42.9 Å². The average molecular weight is 749 g/mol. The molecule has 0 fully saturated rings. The van der Waals surface area contributed by atoms with Crippen LogP contribution in [0, 0.1) is 0 Å². The number of nitrogens with zero attached hydrogens (tertiary/aromatic N) is 4. The third-order valence-electron chi connectivity index (χ3n) is 8.33. The molecular weight excluding hydrogens is 685 g/mol. The summed E-state index contributed by atoms with van der Waals surface area (Å²) < 4.78 is 10.7. The Morgan fingerprint density at radius 1 is 0.500 bits per heavy atom. The van der Waals surface area contributed by atoms with Crippen LogP contribution in [0.4, 0.5) is 11.4 Å². The van der Waals surface area contributed by atoms with E-state index in [2.05, 4.69) is 44.5 Å². The van der Waals surface area contributed by atoms with Gasteiger partial charge in [0.25, 0.3) is 0 Å². The maximum absolute atomic E-state index is 12.3. The molecule has 2 aromatic carbocycles. The Kier molecular flexibility index (Phi) is 23.7. The first kappa shape index (κ1) is 45.0. The van der Waals surface area contributed by atoms with Crippen molar-refractivity contribution in [1.82, 2.24) is 0 Å². The second-order valence-electron chi connectivity index (χ2n) is 13.1. The smallest absolute Gasteiger partial charge is 0.338 e. The van der Waals surface area contributed by atoms with Gasteiger partial charge in [-0.1, -0.05) is 90.9 Å². The zero-order valence-corrected chi connectivity index (χ0v) is 32.5. The summed E-state index contributed by atoms with van der Waals surface area (Å²) in [6.45, 7) is 6.26. The highest BCUT2D eigenvalue weighted by Gasteiger charge is 2.09. The first-order valence-corrected chi connectivity index (χ1v) is 19.6. The van der Waals surface area contributed by atoms with E-state index in [1.165, 1.54) is 51.4 Å². The van der Waals surface area contributed by atoms with Crippen molar-refractivity contribution in [3.63, 3.8) is 0 Å². The quantitative estimate of drug-likeness (QED) is 0.0262. The average Bonchev–Trinajstić information content (AvgIpc) is 3.15. The number of hydrogen-bond donors (Lipinski definition) is 6. The molecule has 0 saturated carbocycles. The Hall–Kier alpha value is -5.14. The zero-order chi connectivity index (χ0) is 39.2. The van der Waals surface area contributed by atoms with Gasteiger partial charge in [-0.15, -0.1) is 0 Å². The number of ether oxygens (including phenoxy) is 2. The summed E-state index contributed by atoms with van der Waals surface area (Å²) >= 11 is 0. The molecule has 0 aliphatic carbocycles. The van der Waals surface area contributed by atoms with E-state index in [1.54, 1.807) is 48.5 Å². The highest BCUT2D eigenvalue weighted by molar-refractivity contribution is 6.01. The van der Waals surface area contributed by atoms with Crippen LogP contribution in [0.15, 0.2) is 68.5 Å². The van der Waals surface area contributed by atoms with E-state index in [-0.39, 0.29) is 35.8 Å². The third-order valence-corrected chi connectivity index (χ3v) is 8.33. The van der Waals surface area contributed by atoms with Gasteiger partial charge >= 0.3 is 11.9 Å². The van der Waals surface area contributed by atoms with Crippen LogP contribution in [0.1, 0.15) is 137 Å². The van der Waals surface area contributed by atoms with Crippen molar-refractivity contribution in [3.05, 3.63) is 59.7 Å². The van der Waals surface area contributed by atoms with Crippen LogP contribution in [0.2, 0.25) is 0 Å². The van der Waals surface area contributed by atoms with Gasteiger partial charge in [-0.2, -0.15) is 9.98 Å². The standard InChI is InChI=1S/C40H64N10O4/c1-3-5-7-9-13-17-29-53-35(51)31-19-23-33(24-20-31)47-39(43)49-37(41)45-27-15-11-12-16-28-46-38(42)50-40(44)48-34-25-21-32(22-26-34)36(52)54-30-18-14-10-8-6-4-2/h19-26H,3-18,27-30H2,1-2H3,(H5,41,43,45,47,49)(H5,42,44,46,48,50). The normalized spacial score (nSPS) is 12.4. The van der Waals surface area contributed by atoms with Crippen LogP contribution in [0.25, 0.3) is 0 Å². The highest BCUT2D eigenvalue weighted by Crippen LogP contribution is 2.13. The number of esters is 2. The molecule has 54 heavy (non-hydrogen) atoms. The van der Waals surface area contributed by atoms with Crippen molar-refractivity contribution in [3.8, 4) is 0 Å². The van der Waals surface area contributed by atoms with Gasteiger partial charge < -0.3 is 43.0 Å². The Balaban J connectivity index is 1.60. The van der Waals surface area contributed by atoms with Crippen LogP contribution in [0.5, 0.6) is 0 Å². The monoisotopic (exact) mass is 749 g/mol.